The van der Waals surface area contributed by atoms with Crippen LogP contribution in [0.15, 0.2) is 60.7 Å². The minimum atomic E-state index is -1.01. The third kappa shape index (κ3) is 3.28. The Kier molecular flexibility index (Phi) is 5.02. The number of hydrogen-bond acceptors (Lipinski definition) is 4. The molecule has 1 N–H and O–H groups in total. The zero-order valence-electron chi connectivity index (χ0n) is 17.2. The Morgan fingerprint density at radius 2 is 1.78 bits per heavy atom. The van der Waals surface area contributed by atoms with Gasteiger partial charge < -0.3 is 14.6 Å². The lowest BCUT2D eigenvalue weighted by Gasteiger charge is -2.41. The number of aliphatic carboxylic acids is 1. The van der Waals surface area contributed by atoms with E-state index in [1.165, 1.54) is 0 Å². The fraction of sp³-hybridized carbons (Fsp3) is 0.200. The first kappa shape index (κ1) is 20.4. The van der Waals surface area contributed by atoms with Crippen LogP contribution in [0.25, 0.3) is 0 Å². The van der Waals surface area contributed by atoms with E-state index in [2.05, 4.69) is 0 Å². The summed E-state index contributed by atoms with van der Waals surface area (Å²) in [7, 11) is 0. The van der Waals surface area contributed by atoms with Crippen molar-refractivity contribution in [3.63, 3.8) is 0 Å². The second-order valence-corrected chi connectivity index (χ2v) is 8.27. The fourth-order valence-corrected chi connectivity index (χ4v) is 4.57. The van der Waals surface area contributed by atoms with E-state index < -0.39 is 17.9 Å². The number of hydrogen-bond donors (Lipinski definition) is 1. The quantitative estimate of drug-likeness (QED) is 0.609. The first-order chi connectivity index (χ1) is 15.5. The molecule has 7 heteroatoms. The van der Waals surface area contributed by atoms with Gasteiger partial charge in [-0.05, 0) is 60.0 Å². The maximum absolute atomic E-state index is 13.7. The number of benzene rings is 3. The smallest absolute Gasteiger partial charge is 0.313 e. The highest BCUT2D eigenvalue weighted by molar-refractivity contribution is 6.31. The van der Waals surface area contributed by atoms with Gasteiger partial charge in [-0.1, -0.05) is 35.9 Å². The van der Waals surface area contributed by atoms with Crippen molar-refractivity contribution >= 4 is 29.2 Å². The zero-order chi connectivity index (χ0) is 22.4. The summed E-state index contributed by atoms with van der Waals surface area (Å²) in [4.78, 5) is 27.8. The van der Waals surface area contributed by atoms with Gasteiger partial charge in [0, 0.05) is 16.3 Å². The van der Waals surface area contributed by atoms with Crippen LogP contribution in [-0.2, 0) is 4.79 Å². The minimum absolute atomic E-state index is 0.264. The number of carboxylic acids is 1. The van der Waals surface area contributed by atoms with Crippen LogP contribution in [0.3, 0.4) is 0 Å². The van der Waals surface area contributed by atoms with Gasteiger partial charge in [0.15, 0.2) is 11.5 Å². The maximum atomic E-state index is 13.7. The van der Waals surface area contributed by atoms with Gasteiger partial charge in [-0.2, -0.15) is 0 Å². The molecule has 5 rings (SSSR count). The molecule has 32 heavy (non-hydrogen) atoms. The molecule has 0 saturated heterocycles. The lowest BCUT2D eigenvalue weighted by atomic mass is 9.79. The van der Waals surface area contributed by atoms with E-state index in [0.29, 0.717) is 52.1 Å². The molecular formula is C25H20ClNO5. The molecule has 0 aliphatic carbocycles. The number of carbonyl (C=O) groups is 2. The molecule has 0 saturated carbocycles. The Morgan fingerprint density at radius 1 is 1.03 bits per heavy atom. The topological polar surface area (TPSA) is 76.1 Å². The summed E-state index contributed by atoms with van der Waals surface area (Å²) < 4.78 is 11.4. The average Bonchev–Trinajstić information content (AvgIpc) is 2.80. The molecule has 2 atom stereocenters. The van der Waals surface area contributed by atoms with E-state index in [1.54, 1.807) is 65.6 Å². The van der Waals surface area contributed by atoms with Crippen molar-refractivity contribution in [2.75, 3.05) is 18.1 Å². The van der Waals surface area contributed by atoms with Crippen molar-refractivity contribution in [2.24, 2.45) is 0 Å². The predicted octanol–water partition coefficient (Wildman–Crippen LogP) is 4.99. The molecule has 6 nitrogen and oxygen atoms in total. The van der Waals surface area contributed by atoms with Gasteiger partial charge in [0.1, 0.15) is 19.1 Å². The number of nitrogens with zero attached hydrogens (tertiary/aromatic N) is 1. The van der Waals surface area contributed by atoms with Crippen LogP contribution in [-0.4, -0.2) is 30.2 Å². The van der Waals surface area contributed by atoms with E-state index in [1.807, 2.05) is 6.92 Å². The molecular weight excluding hydrogens is 430 g/mol. The van der Waals surface area contributed by atoms with Gasteiger partial charge in [-0.3, -0.25) is 14.5 Å². The average molecular weight is 450 g/mol. The molecule has 0 aromatic heterocycles. The second-order valence-electron chi connectivity index (χ2n) is 7.86. The lowest BCUT2D eigenvalue weighted by Crippen LogP contribution is -2.45. The third-order valence-electron chi connectivity index (χ3n) is 5.93. The first-order valence-corrected chi connectivity index (χ1v) is 10.6. The van der Waals surface area contributed by atoms with E-state index in [9.17, 15) is 14.7 Å². The van der Waals surface area contributed by atoms with E-state index in [4.69, 9.17) is 21.1 Å². The summed E-state index contributed by atoms with van der Waals surface area (Å²) in [5, 5.41) is 10.9. The van der Waals surface area contributed by atoms with Crippen LogP contribution >= 0.6 is 11.6 Å². The molecule has 0 spiro atoms. The van der Waals surface area contributed by atoms with Crippen molar-refractivity contribution in [1.82, 2.24) is 0 Å². The number of carboxylic acid groups (broad SMARTS) is 1. The normalized spacial score (nSPS) is 19.4. The maximum Gasteiger partial charge on any atom is 0.313 e. The Labute approximate surface area is 189 Å². The van der Waals surface area contributed by atoms with Crippen LogP contribution in [0.5, 0.6) is 11.5 Å². The summed E-state index contributed by atoms with van der Waals surface area (Å²) in [6, 6.07) is 16.7. The highest BCUT2D eigenvalue weighted by atomic mass is 35.5. The number of anilines is 1. The lowest BCUT2D eigenvalue weighted by molar-refractivity contribution is -0.139. The van der Waals surface area contributed by atoms with Crippen LogP contribution < -0.4 is 14.4 Å². The number of amides is 1. The number of fused-ring (bicyclic) bond motifs is 2. The van der Waals surface area contributed by atoms with Crippen LogP contribution in [0.2, 0.25) is 5.02 Å². The standard InChI is InChI=1S/C25H20ClNO5/c1-14-12-16(7-8-19(14)26)27-23(15-6-9-20-21(13-15)32-11-10-31-20)22(25(29)30)17-4-2-3-5-18(17)24(27)28/h2-9,12-13,22-23H,10-11H2,1H3,(H,29,30)/t22-,23+/m1/s1. The number of aryl methyl sites for hydroxylation is 1. The molecule has 2 heterocycles. The van der Waals surface area contributed by atoms with Gasteiger partial charge in [0.2, 0.25) is 0 Å². The van der Waals surface area contributed by atoms with Gasteiger partial charge >= 0.3 is 5.97 Å². The van der Waals surface area contributed by atoms with Gasteiger partial charge in [-0.15, -0.1) is 0 Å². The van der Waals surface area contributed by atoms with Crippen molar-refractivity contribution in [3.8, 4) is 11.5 Å². The SMILES string of the molecule is Cc1cc(N2C(=O)c3ccccc3[C@@H](C(=O)O)[C@@H]2c2ccc3c(c2)OCCO3)ccc1Cl. The molecule has 3 aromatic rings. The van der Waals surface area contributed by atoms with Crippen molar-refractivity contribution in [2.45, 2.75) is 18.9 Å². The van der Waals surface area contributed by atoms with Crippen molar-refractivity contribution < 1.29 is 24.2 Å². The Hall–Kier alpha value is -3.51. The summed E-state index contributed by atoms with van der Waals surface area (Å²) in [6.07, 6.45) is 0. The Morgan fingerprint density at radius 3 is 2.53 bits per heavy atom. The monoisotopic (exact) mass is 449 g/mol. The summed E-state index contributed by atoms with van der Waals surface area (Å²) in [5.74, 6) is -1.11. The van der Waals surface area contributed by atoms with Crippen molar-refractivity contribution in [1.29, 1.82) is 0 Å². The number of ether oxygens (including phenoxy) is 2. The fourth-order valence-electron chi connectivity index (χ4n) is 4.45. The Balaban J connectivity index is 1.74. The number of carbonyl (C=O) groups excluding carboxylic acids is 1. The van der Waals surface area contributed by atoms with Gasteiger partial charge in [0.25, 0.3) is 5.91 Å². The van der Waals surface area contributed by atoms with E-state index in [0.717, 1.165) is 5.56 Å². The molecule has 0 unspecified atom stereocenters. The molecule has 0 bridgehead atoms. The zero-order valence-corrected chi connectivity index (χ0v) is 18.0. The molecule has 1 amide bonds. The summed E-state index contributed by atoms with van der Waals surface area (Å²) in [6.45, 7) is 2.71. The molecule has 0 fully saturated rings. The Bertz CT molecular complexity index is 1240. The molecule has 3 aromatic carbocycles. The minimum Gasteiger partial charge on any atom is -0.486 e. The molecule has 2 aliphatic heterocycles. The van der Waals surface area contributed by atoms with Gasteiger partial charge in [-0.25, -0.2) is 0 Å². The van der Waals surface area contributed by atoms with E-state index >= 15 is 0 Å². The van der Waals surface area contributed by atoms with Crippen LogP contribution in [0.1, 0.15) is 39.0 Å². The molecule has 0 radical (unpaired) electrons. The van der Waals surface area contributed by atoms with Crippen molar-refractivity contribution in [3.05, 3.63) is 87.9 Å². The largest absolute Gasteiger partial charge is 0.486 e. The highest BCUT2D eigenvalue weighted by Crippen LogP contribution is 2.47. The van der Waals surface area contributed by atoms with Crippen LogP contribution in [0.4, 0.5) is 5.69 Å². The number of halogens is 1. The van der Waals surface area contributed by atoms with Crippen LogP contribution in [0, 0.1) is 6.92 Å². The van der Waals surface area contributed by atoms with Gasteiger partial charge in [0.05, 0.1) is 6.04 Å². The molecule has 2 aliphatic rings. The van der Waals surface area contributed by atoms with E-state index in [-0.39, 0.29) is 5.91 Å². The number of rotatable bonds is 3. The molecule has 162 valence electrons. The third-order valence-corrected chi connectivity index (χ3v) is 6.36. The second kappa shape index (κ2) is 7.88. The first-order valence-electron chi connectivity index (χ1n) is 10.3. The summed E-state index contributed by atoms with van der Waals surface area (Å²) >= 11 is 6.22. The highest BCUT2D eigenvalue weighted by Gasteiger charge is 2.45. The predicted molar refractivity (Wildman–Crippen MR) is 120 cm³/mol. The summed E-state index contributed by atoms with van der Waals surface area (Å²) in [5.41, 5.74) is 2.89.